The van der Waals surface area contributed by atoms with Crippen LogP contribution in [-0.4, -0.2) is 47.4 Å². The number of rotatable bonds is 9. The standard InChI is InChI=1S/C19H30FN7.HI/c1-5-18-25-24-14-27(18)11-10-22-19(21-4)23-13-15-8-9-17(16(20)12-15)26(6-2)7-3;/h8-9,12,14H,5-7,10-11,13H2,1-4H3,(H2,21,22,23);1H. The number of anilines is 1. The zero-order valence-corrected chi connectivity index (χ0v) is 19.4. The minimum Gasteiger partial charge on any atom is -0.370 e. The van der Waals surface area contributed by atoms with E-state index < -0.39 is 0 Å². The molecule has 2 aromatic rings. The van der Waals surface area contributed by atoms with Crippen molar-refractivity contribution in [3.05, 3.63) is 41.7 Å². The summed E-state index contributed by atoms with van der Waals surface area (Å²) in [6.07, 6.45) is 2.58. The number of nitrogens with one attached hydrogen (secondary N) is 2. The first-order valence-corrected chi connectivity index (χ1v) is 9.47. The molecule has 28 heavy (non-hydrogen) atoms. The third-order valence-electron chi connectivity index (χ3n) is 4.46. The van der Waals surface area contributed by atoms with Crippen molar-refractivity contribution in [3.8, 4) is 0 Å². The van der Waals surface area contributed by atoms with Gasteiger partial charge in [-0.05, 0) is 31.5 Å². The fourth-order valence-electron chi connectivity index (χ4n) is 2.92. The summed E-state index contributed by atoms with van der Waals surface area (Å²) in [7, 11) is 1.72. The Bertz CT molecular complexity index is 744. The lowest BCUT2D eigenvalue weighted by Gasteiger charge is -2.22. The van der Waals surface area contributed by atoms with Crippen molar-refractivity contribution >= 4 is 35.6 Å². The molecule has 0 aliphatic carbocycles. The predicted molar refractivity (Wildman–Crippen MR) is 123 cm³/mol. The summed E-state index contributed by atoms with van der Waals surface area (Å²) < 4.78 is 16.4. The van der Waals surface area contributed by atoms with Crippen molar-refractivity contribution in [2.75, 3.05) is 31.6 Å². The second-order valence-corrected chi connectivity index (χ2v) is 6.10. The largest absolute Gasteiger partial charge is 0.370 e. The molecule has 1 aromatic carbocycles. The van der Waals surface area contributed by atoms with Crippen LogP contribution in [0.15, 0.2) is 29.5 Å². The molecule has 0 saturated heterocycles. The highest BCUT2D eigenvalue weighted by Crippen LogP contribution is 2.20. The number of aliphatic imine (C=N–C) groups is 1. The molecule has 0 atom stereocenters. The van der Waals surface area contributed by atoms with Crippen molar-refractivity contribution in [1.29, 1.82) is 0 Å². The van der Waals surface area contributed by atoms with Gasteiger partial charge in [0.25, 0.3) is 0 Å². The number of nitrogens with zero attached hydrogens (tertiary/aromatic N) is 5. The summed E-state index contributed by atoms with van der Waals surface area (Å²) in [4.78, 5) is 6.21. The van der Waals surface area contributed by atoms with Gasteiger partial charge in [0.1, 0.15) is 18.0 Å². The molecule has 1 heterocycles. The van der Waals surface area contributed by atoms with Crippen LogP contribution >= 0.6 is 24.0 Å². The van der Waals surface area contributed by atoms with Gasteiger partial charge in [-0.1, -0.05) is 13.0 Å². The quantitative estimate of drug-likeness (QED) is 0.313. The summed E-state index contributed by atoms with van der Waals surface area (Å²) in [5, 5.41) is 14.5. The summed E-state index contributed by atoms with van der Waals surface area (Å²) in [5.74, 6) is 1.44. The van der Waals surface area contributed by atoms with Gasteiger partial charge in [-0.25, -0.2) is 4.39 Å². The van der Waals surface area contributed by atoms with Crippen LogP contribution in [0.3, 0.4) is 0 Å². The second-order valence-electron chi connectivity index (χ2n) is 6.10. The summed E-state index contributed by atoms with van der Waals surface area (Å²) >= 11 is 0. The molecule has 0 spiro atoms. The average molecular weight is 503 g/mol. The number of benzene rings is 1. The number of guanidine groups is 1. The van der Waals surface area contributed by atoms with Crippen molar-refractivity contribution in [2.45, 2.75) is 40.3 Å². The van der Waals surface area contributed by atoms with Crippen LogP contribution in [0.5, 0.6) is 0 Å². The van der Waals surface area contributed by atoms with Crippen LogP contribution in [0, 0.1) is 5.82 Å². The van der Waals surface area contributed by atoms with E-state index in [1.54, 1.807) is 19.4 Å². The van der Waals surface area contributed by atoms with Gasteiger partial charge in [-0.2, -0.15) is 0 Å². The average Bonchev–Trinajstić information content (AvgIpc) is 3.14. The Morgan fingerprint density at radius 1 is 1.21 bits per heavy atom. The number of aromatic nitrogens is 3. The van der Waals surface area contributed by atoms with Crippen LogP contribution < -0.4 is 15.5 Å². The lowest BCUT2D eigenvalue weighted by molar-refractivity contribution is 0.616. The summed E-state index contributed by atoms with van der Waals surface area (Å²) in [5.41, 5.74) is 1.52. The molecule has 0 saturated carbocycles. The molecule has 0 radical (unpaired) electrons. The van der Waals surface area contributed by atoms with Crippen molar-refractivity contribution < 1.29 is 4.39 Å². The highest BCUT2D eigenvalue weighted by molar-refractivity contribution is 14.0. The minimum atomic E-state index is -0.194. The van der Waals surface area contributed by atoms with Crippen molar-refractivity contribution in [3.63, 3.8) is 0 Å². The Morgan fingerprint density at radius 3 is 2.57 bits per heavy atom. The molecule has 9 heteroatoms. The molecule has 1 aromatic heterocycles. The molecule has 0 aliphatic heterocycles. The van der Waals surface area contributed by atoms with Crippen LogP contribution in [0.25, 0.3) is 0 Å². The van der Waals surface area contributed by atoms with E-state index in [0.29, 0.717) is 24.7 Å². The molecule has 0 aliphatic rings. The van der Waals surface area contributed by atoms with Gasteiger partial charge < -0.3 is 20.1 Å². The molecular formula is C19H31FIN7. The Hall–Kier alpha value is -1.91. The van der Waals surface area contributed by atoms with Crippen molar-refractivity contribution in [2.24, 2.45) is 4.99 Å². The topological polar surface area (TPSA) is 70.4 Å². The van der Waals surface area contributed by atoms with E-state index in [9.17, 15) is 4.39 Å². The SMILES string of the molecule is CCc1nncn1CCNC(=NC)NCc1ccc(N(CC)CC)c(F)c1.I. The van der Waals surface area contributed by atoms with Gasteiger partial charge >= 0.3 is 0 Å². The summed E-state index contributed by atoms with van der Waals surface area (Å²) in [6.45, 7) is 9.63. The number of halogens is 2. The van der Waals surface area contributed by atoms with Gasteiger partial charge in [0, 0.05) is 46.2 Å². The first-order chi connectivity index (χ1) is 13.1. The summed E-state index contributed by atoms with van der Waals surface area (Å²) in [6, 6.07) is 5.37. The van der Waals surface area contributed by atoms with Gasteiger partial charge in [0.15, 0.2) is 5.96 Å². The normalized spacial score (nSPS) is 11.1. The van der Waals surface area contributed by atoms with Gasteiger partial charge in [-0.15, -0.1) is 34.2 Å². The Balaban J connectivity index is 0.00000392. The molecule has 7 nitrogen and oxygen atoms in total. The van der Waals surface area contributed by atoms with Gasteiger partial charge in [0.2, 0.25) is 0 Å². The van der Waals surface area contributed by atoms with Crippen LogP contribution in [0.2, 0.25) is 0 Å². The Morgan fingerprint density at radius 2 is 1.96 bits per heavy atom. The maximum absolute atomic E-state index is 14.4. The second kappa shape index (κ2) is 12.5. The molecule has 2 rings (SSSR count). The Labute approximate surface area is 183 Å². The zero-order valence-electron chi connectivity index (χ0n) is 17.1. The smallest absolute Gasteiger partial charge is 0.191 e. The predicted octanol–water partition coefficient (Wildman–Crippen LogP) is 2.81. The number of hydrogen-bond acceptors (Lipinski definition) is 4. The van der Waals surface area contributed by atoms with E-state index in [4.69, 9.17) is 0 Å². The van der Waals surface area contributed by atoms with Crippen LogP contribution in [0.1, 0.15) is 32.2 Å². The van der Waals surface area contributed by atoms with Crippen molar-refractivity contribution in [1.82, 2.24) is 25.4 Å². The van der Waals surface area contributed by atoms with E-state index in [1.165, 1.54) is 0 Å². The maximum Gasteiger partial charge on any atom is 0.191 e. The molecule has 0 fully saturated rings. The van der Waals surface area contributed by atoms with E-state index in [0.717, 1.165) is 37.4 Å². The monoisotopic (exact) mass is 503 g/mol. The lowest BCUT2D eigenvalue weighted by atomic mass is 10.2. The molecule has 0 bridgehead atoms. The maximum atomic E-state index is 14.4. The lowest BCUT2D eigenvalue weighted by Crippen LogP contribution is -2.38. The first kappa shape index (κ1) is 24.1. The minimum absolute atomic E-state index is 0. The van der Waals surface area contributed by atoms with E-state index >= 15 is 0 Å². The van der Waals surface area contributed by atoms with Gasteiger partial charge in [-0.3, -0.25) is 4.99 Å². The zero-order chi connectivity index (χ0) is 19.6. The molecule has 156 valence electrons. The fourth-order valence-corrected chi connectivity index (χ4v) is 2.92. The number of aryl methyl sites for hydroxylation is 1. The van der Waals surface area contributed by atoms with E-state index in [-0.39, 0.29) is 29.8 Å². The van der Waals surface area contributed by atoms with Crippen LogP contribution in [-0.2, 0) is 19.5 Å². The third kappa shape index (κ3) is 6.61. The molecule has 2 N–H and O–H groups in total. The molecular weight excluding hydrogens is 472 g/mol. The fraction of sp³-hybridized carbons (Fsp3) is 0.526. The highest BCUT2D eigenvalue weighted by atomic mass is 127. The van der Waals surface area contributed by atoms with E-state index in [2.05, 4.69) is 32.7 Å². The number of hydrogen-bond donors (Lipinski definition) is 2. The molecule has 0 amide bonds. The Kier molecular flexibility index (Phi) is 10.8. The van der Waals surface area contributed by atoms with Gasteiger partial charge in [0.05, 0.1) is 5.69 Å². The third-order valence-corrected chi connectivity index (χ3v) is 4.46. The molecule has 0 unspecified atom stereocenters. The first-order valence-electron chi connectivity index (χ1n) is 9.47. The highest BCUT2D eigenvalue weighted by Gasteiger charge is 2.09. The van der Waals surface area contributed by atoms with Crippen LogP contribution in [0.4, 0.5) is 10.1 Å². The van der Waals surface area contributed by atoms with E-state index in [1.807, 2.05) is 35.4 Å².